The van der Waals surface area contributed by atoms with Gasteiger partial charge in [0.25, 0.3) is 0 Å². The number of benzene rings is 3. The number of anilines is 2. The maximum atomic E-state index is 2.56. The van der Waals surface area contributed by atoms with Crippen molar-refractivity contribution in [1.29, 1.82) is 0 Å². The summed E-state index contributed by atoms with van der Waals surface area (Å²) in [6.07, 6.45) is 3.19. The number of fused-ring (bicyclic) bond motifs is 5. The van der Waals surface area contributed by atoms with Gasteiger partial charge in [-0.05, 0) is 165 Å². The zero-order chi connectivity index (χ0) is 24.1. The molecule has 33 heavy (non-hydrogen) atoms. The maximum Gasteiger partial charge on any atom is 0.0485 e. The molecule has 0 aromatic heterocycles. The molecule has 0 N–H and O–H groups in total. The third-order valence-corrected chi connectivity index (χ3v) is 9.87. The van der Waals surface area contributed by atoms with Crippen molar-refractivity contribution in [2.75, 3.05) is 11.9 Å². The van der Waals surface area contributed by atoms with Gasteiger partial charge in [0.2, 0.25) is 0 Å². The van der Waals surface area contributed by atoms with Crippen LogP contribution in [0.2, 0.25) is 0 Å². The first-order valence-electron chi connectivity index (χ1n) is 12.5. The molecule has 2 aliphatic rings. The molecule has 1 heteroatoms. The second-order valence-corrected chi connectivity index (χ2v) is 10.9. The van der Waals surface area contributed by atoms with E-state index in [-0.39, 0.29) is 0 Å². The number of rotatable bonds is 0. The Labute approximate surface area is 200 Å². The lowest BCUT2D eigenvalue weighted by atomic mass is 9.73. The summed E-state index contributed by atoms with van der Waals surface area (Å²) in [4.78, 5) is 2.56. The highest BCUT2D eigenvalue weighted by atomic mass is 15.1. The predicted molar refractivity (Wildman–Crippen MR) is 143 cm³/mol. The van der Waals surface area contributed by atoms with Gasteiger partial charge in [-0.2, -0.15) is 0 Å². The molecule has 0 atom stereocenters. The smallest absolute Gasteiger partial charge is 0.0485 e. The molecule has 5 rings (SSSR count). The average molecular weight is 438 g/mol. The minimum atomic E-state index is 1.06. The summed E-state index contributed by atoms with van der Waals surface area (Å²) in [7, 11) is 2.32. The minimum Gasteiger partial charge on any atom is -0.344 e. The van der Waals surface area contributed by atoms with Gasteiger partial charge in [-0.3, -0.25) is 0 Å². The van der Waals surface area contributed by atoms with Gasteiger partial charge in [0.1, 0.15) is 0 Å². The van der Waals surface area contributed by atoms with E-state index in [2.05, 4.69) is 81.2 Å². The van der Waals surface area contributed by atoms with Gasteiger partial charge in [-0.15, -0.1) is 0 Å². The Kier molecular flexibility index (Phi) is 4.88. The van der Waals surface area contributed by atoms with Gasteiger partial charge in [0.05, 0.1) is 0 Å². The third-order valence-electron chi connectivity index (χ3n) is 9.87. The molecule has 3 aromatic rings. The second kappa shape index (κ2) is 7.23. The summed E-state index contributed by atoms with van der Waals surface area (Å²) in [5.41, 5.74) is 27.2. The van der Waals surface area contributed by atoms with Crippen LogP contribution in [-0.2, 0) is 19.3 Å². The molecule has 3 aromatic carbocycles. The van der Waals surface area contributed by atoms with E-state index in [1.165, 1.54) is 72.6 Å². The lowest BCUT2D eigenvalue weighted by molar-refractivity contribution is 0.905. The molecule has 0 radical (unpaired) electrons. The first-order chi connectivity index (χ1) is 15.5. The van der Waals surface area contributed by atoms with E-state index in [1.54, 1.807) is 27.8 Å². The van der Waals surface area contributed by atoms with Crippen LogP contribution in [0.5, 0.6) is 0 Å². The van der Waals surface area contributed by atoms with Crippen molar-refractivity contribution in [2.45, 2.75) is 88.5 Å². The van der Waals surface area contributed by atoms with Crippen LogP contribution in [0.15, 0.2) is 0 Å². The van der Waals surface area contributed by atoms with Crippen molar-refractivity contribution in [3.63, 3.8) is 0 Å². The van der Waals surface area contributed by atoms with Crippen LogP contribution >= 0.6 is 0 Å². The molecule has 0 saturated carbocycles. The molecule has 1 nitrogen and oxygen atoms in total. The molecule has 0 unspecified atom stereocenters. The average Bonchev–Trinajstić information content (AvgIpc) is 2.80. The fourth-order valence-corrected chi connectivity index (χ4v) is 6.86. The Bertz CT molecular complexity index is 1380. The van der Waals surface area contributed by atoms with Crippen molar-refractivity contribution in [3.8, 4) is 0 Å². The molecule has 0 bridgehead atoms. The van der Waals surface area contributed by atoms with E-state index in [0.29, 0.717) is 0 Å². The molecule has 0 spiro atoms. The summed E-state index contributed by atoms with van der Waals surface area (Å²) in [6, 6.07) is 0. The fourth-order valence-electron chi connectivity index (χ4n) is 6.86. The summed E-state index contributed by atoms with van der Waals surface area (Å²) >= 11 is 0. The van der Waals surface area contributed by atoms with Crippen molar-refractivity contribution >= 4 is 11.4 Å². The van der Waals surface area contributed by atoms with Crippen LogP contribution in [0, 0.1) is 69.2 Å². The second-order valence-electron chi connectivity index (χ2n) is 10.9. The number of hydrogen-bond acceptors (Lipinski definition) is 1. The molecular weight excluding hydrogens is 398 g/mol. The Morgan fingerprint density at radius 1 is 0.333 bits per heavy atom. The summed E-state index contributed by atoms with van der Waals surface area (Å²) in [5, 5.41) is 0. The normalized spacial score (nSPS) is 14.1. The SMILES string of the molecule is Cc1c(C)c(C)c2c(c1C)Cc1c(C)c(C)c3c(c1C2)N(C)c1c(C)c(C)c(C)c(C)c1C3. The van der Waals surface area contributed by atoms with E-state index >= 15 is 0 Å². The Balaban J connectivity index is 1.80. The summed E-state index contributed by atoms with van der Waals surface area (Å²) in [5.74, 6) is 0. The Morgan fingerprint density at radius 2 is 0.636 bits per heavy atom. The first kappa shape index (κ1) is 22.3. The highest BCUT2D eigenvalue weighted by Crippen LogP contribution is 2.50. The van der Waals surface area contributed by atoms with Crippen LogP contribution in [0.3, 0.4) is 0 Å². The van der Waals surface area contributed by atoms with Gasteiger partial charge in [-0.1, -0.05) is 0 Å². The fraction of sp³-hybridized carbons (Fsp3) is 0.438. The van der Waals surface area contributed by atoms with E-state index < -0.39 is 0 Å². The van der Waals surface area contributed by atoms with Crippen LogP contribution in [0.25, 0.3) is 0 Å². The van der Waals surface area contributed by atoms with Crippen LogP contribution in [0.1, 0.15) is 89.0 Å². The largest absolute Gasteiger partial charge is 0.344 e. The van der Waals surface area contributed by atoms with E-state index in [0.717, 1.165) is 19.3 Å². The van der Waals surface area contributed by atoms with E-state index in [9.17, 15) is 0 Å². The van der Waals surface area contributed by atoms with Gasteiger partial charge < -0.3 is 4.90 Å². The maximum absolute atomic E-state index is 2.56. The Morgan fingerprint density at radius 3 is 1.18 bits per heavy atom. The van der Waals surface area contributed by atoms with Crippen molar-refractivity contribution in [1.82, 2.24) is 0 Å². The van der Waals surface area contributed by atoms with Gasteiger partial charge in [0, 0.05) is 31.3 Å². The van der Waals surface area contributed by atoms with Crippen molar-refractivity contribution < 1.29 is 0 Å². The lowest BCUT2D eigenvalue weighted by Gasteiger charge is -2.40. The molecule has 1 aliphatic heterocycles. The zero-order valence-corrected chi connectivity index (χ0v) is 22.6. The van der Waals surface area contributed by atoms with Crippen molar-refractivity contribution in [3.05, 3.63) is 89.0 Å². The van der Waals surface area contributed by atoms with Crippen LogP contribution < -0.4 is 4.90 Å². The van der Waals surface area contributed by atoms with Crippen LogP contribution in [0.4, 0.5) is 11.4 Å². The number of nitrogens with zero attached hydrogens (tertiary/aromatic N) is 1. The molecule has 1 heterocycles. The highest BCUT2D eigenvalue weighted by Gasteiger charge is 2.33. The highest BCUT2D eigenvalue weighted by molar-refractivity contribution is 5.84. The molecule has 172 valence electrons. The molecule has 0 saturated heterocycles. The van der Waals surface area contributed by atoms with Gasteiger partial charge in [-0.25, -0.2) is 0 Å². The summed E-state index contributed by atoms with van der Waals surface area (Å²) < 4.78 is 0. The van der Waals surface area contributed by atoms with Crippen molar-refractivity contribution in [2.24, 2.45) is 0 Å². The predicted octanol–water partition coefficient (Wildman–Crippen LogP) is 7.94. The molecule has 1 aliphatic carbocycles. The molecule has 0 fully saturated rings. The minimum absolute atomic E-state index is 1.06. The van der Waals surface area contributed by atoms with Crippen LogP contribution in [-0.4, -0.2) is 7.05 Å². The quantitative estimate of drug-likeness (QED) is 0.270. The molecular formula is C32H39N. The van der Waals surface area contributed by atoms with Gasteiger partial charge >= 0.3 is 0 Å². The van der Waals surface area contributed by atoms with Gasteiger partial charge in [0.15, 0.2) is 0 Å². The lowest BCUT2D eigenvalue weighted by Crippen LogP contribution is -2.27. The van der Waals surface area contributed by atoms with E-state index in [4.69, 9.17) is 0 Å². The first-order valence-corrected chi connectivity index (χ1v) is 12.5. The zero-order valence-electron chi connectivity index (χ0n) is 22.6. The standard InChI is InChI=1S/C32H39N/c1-15-16(2)20(6)26-13-30-27(12-25(26)19(15)5)22(8)23(9)29-14-28-21(7)17(3)18(4)24(10)31(28)33(11)32(29)30/h12-14H2,1-11H3. The monoisotopic (exact) mass is 437 g/mol. The molecule has 0 amide bonds. The number of hydrogen-bond donors (Lipinski definition) is 0. The summed E-state index contributed by atoms with van der Waals surface area (Å²) in [6.45, 7) is 23.3. The third kappa shape index (κ3) is 2.78. The topological polar surface area (TPSA) is 3.24 Å². The Hall–Kier alpha value is -2.54. The van der Waals surface area contributed by atoms with E-state index in [1.807, 2.05) is 0 Å².